The number of phosphoric ester groups is 1. The number of phosphoric acid groups is 1. The molecule has 0 amide bonds. The molecule has 0 saturated heterocycles. The topological polar surface area (TPSA) is 87.0 Å². The van der Waals surface area contributed by atoms with Gasteiger partial charge in [-0.3, -0.25) is 4.52 Å². The van der Waals surface area contributed by atoms with E-state index in [1.807, 2.05) is 0 Å². The maximum Gasteiger partial charge on any atom is 0.469 e. The third kappa shape index (κ3) is 8.07. The number of rotatable bonds is 3. The van der Waals surface area contributed by atoms with Crippen molar-refractivity contribution in [3.8, 4) is 0 Å². The second-order valence-corrected chi connectivity index (χ2v) is 2.87. The summed E-state index contributed by atoms with van der Waals surface area (Å²) in [5.41, 5.74) is 0. The Morgan fingerprint density at radius 1 is 1.67 bits per heavy atom. The van der Waals surface area contributed by atoms with Crippen molar-refractivity contribution in [3.63, 3.8) is 0 Å². The summed E-state index contributed by atoms with van der Waals surface area (Å²) >= 11 is 0. The molecule has 0 heterocycles. The van der Waals surface area contributed by atoms with Crippen molar-refractivity contribution in [1.82, 2.24) is 0 Å². The van der Waals surface area contributed by atoms with Crippen molar-refractivity contribution in [2.24, 2.45) is 0 Å². The monoisotopic (exact) mass is 156 g/mol. The number of hydrogen-bond acceptors (Lipinski definition) is 3. The van der Waals surface area contributed by atoms with E-state index in [0.29, 0.717) is 0 Å². The van der Waals surface area contributed by atoms with E-state index in [4.69, 9.17) is 14.9 Å². The molecule has 6 heteroatoms. The zero-order valence-electron chi connectivity index (χ0n) is 4.89. The second-order valence-electron chi connectivity index (χ2n) is 1.64. The molecule has 0 aromatic heterocycles. The fourth-order valence-electron chi connectivity index (χ4n) is 0.205. The van der Waals surface area contributed by atoms with Gasteiger partial charge in [0.2, 0.25) is 0 Å². The first-order chi connectivity index (χ1) is 3.92. The summed E-state index contributed by atoms with van der Waals surface area (Å²) in [5, 5.41) is 8.45. The lowest BCUT2D eigenvalue weighted by Gasteiger charge is -2.05. The van der Waals surface area contributed by atoms with Gasteiger partial charge >= 0.3 is 7.82 Å². The third-order valence-electron chi connectivity index (χ3n) is 0.484. The van der Waals surface area contributed by atoms with Gasteiger partial charge in [0.15, 0.2) is 0 Å². The van der Waals surface area contributed by atoms with Gasteiger partial charge in [-0.25, -0.2) is 4.57 Å². The molecular formula is C3H9O5P. The van der Waals surface area contributed by atoms with Crippen LogP contribution in [-0.4, -0.2) is 27.6 Å². The van der Waals surface area contributed by atoms with E-state index in [-0.39, 0.29) is 6.61 Å². The molecular weight excluding hydrogens is 147 g/mol. The van der Waals surface area contributed by atoms with Crippen LogP contribution >= 0.6 is 7.82 Å². The Labute approximate surface area is 52.5 Å². The highest BCUT2D eigenvalue weighted by molar-refractivity contribution is 7.46. The van der Waals surface area contributed by atoms with Gasteiger partial charge in [-0.15, -0.1) is 0 Å². The molecule has 0 radical (unpaired) electrons. The summed E-state index contributed by atoms with van der Waals surface area (Å²) < 4.78 is 13.8. The van der Waals surface area contributed by atoms with Crippen molar-refractivity contribution in [2.45, 2.75) is 13.0 Å². The van der Waals surface area contributed by atoms with Crippen LogP contribution in [0.5, 0.6) is 0 Å². The van der Waals surface area contributed by atoms with Crippen LogP contribution in [0.15, 0.2) is 0 Å². The Balaban J connectivity index is 3.40. The Morgan fingerprint density at radius 3 is 2.22 bits per heavy atom. The van der Waals surface area contributed by atoms with Crippen LogP contribution in [0, 0.1) is 0 Å². The minimum atomic E-state index is -4.38. The zero-order chi connectivity index (χ0) is 7.49. The Bertz CT molecular complexity index is 115. The van der Waals surface area contributed by atoms with E-state index in [9.17, 15) is 4.57 Å². The number of aliphatic hydroxyl groups excluding tert-OH is 1. The Morgan fingerprint density at radius 2 is 2.11 bits per heavy atom. The third-order valence-corrected chi connectivity index (χ3v) is 0.969. The van der Waals surface area contributed by atoms with Gasteiger partial charge in [-0.05, 0) is 6.92 Å². The summed E-state index contributed by atoms with van der Waals surface area (Å²) in [6.07, 6.45) is -0.849. The van der Waals surface area contributed by atoms with Crippen molar-refractivity contribution < 1.29 is 24.0 Å². The minimum absolute atomic E-state index is 0.343. The predicted molar refractivity (Wildman–Crippen MR) is 29.7 cm³/mol. The van der Waals surface area contributed by atoms with Crippen molar-refractivity contribution in [3.05, 3.63) is 0 Å². The van der Waals surface area contributed by atoms with Crippen molar-refractivity contribution >= 4 is 7.82 Å². The van der Waals surface area contributed by atoms with E-state index in [0.717, 1.165) is 0 Å². The molecule has 0 aromatic carbocycles. The van der Waals surface area contributed by atoms with Gasteiger partial charge in [0, 0.05) is 0 Å². The molecule has 5 nitrogen and oxygen atoms in total. The van der Waals surface area contributed by atoms with Gasteiger partial charge in [0.25, 0.3) is 0 Å². The summed E-state index contributed by atoms with van der Waals surface area (Å²) in [5.74, 6) is 0. The van der Waals surface area contributed by atoms with Gasteiger partial charge in [0.05, 0.1) is 12.7 Å². The SMILES string of the molecule is CC(O)COP(=O)(O)O. The number of aliphatic hydroxyl groups is 1. The largest absolute Gasteiger partial charge is 0.469 e. The predicted octanol–water partition coefficient (Wildman–Crippen LogP) is -0.524. The first kappa shape index (κ1) is 9.07. The fourth-order valence-corrected chi connectivity index (χ4v) is 0.615. The molecule has 1 unspecified atom stereocenters. The van der Waals surface area contributed by atoms with Crippen LogP contribution in [0.2, 0.25) is 0 Å². The van der Waals surface area contributed by atoms with E-state index >= 15 is 0 Å². The highest BCUT2D eigenvalue weighted by Crippen LogP contribution is 2.35. The fraction of sp³-hybridized carbons (Fsp3) is 1.00. The molecule has 0 aliphatic heterocycles. The Hall–Kier alpha value is 0.0700. The van der Waals surface area contributed by atoms with Crippen LogP contribution in [0.25, 0.3) is 0 Å². The van der Waals surface area contributed by atoms with Crippen LogP contribution in [0.4, 0.5) is 0 Å². The lowest BCUT2D eigenvalue weighted by Crippen LogP contribution is -2.08. The smallest absolute Gasteiger partial charge is 0.391 e. The van der Waals surface area contributed by atoms with Crippen LogP contribution in [-0.2, 0) is 9.09 Å². The summed E-state index contributed by atoms with van der Waals surface area (Å²) in [7, 11) is -4.38. The maximum atomic E-state index is 9.90. The second kappa shape index (κ2) is 3.29. The van der Waals surface area contributed by atoms with Gasteiger partial charge < -0.3 is 14.9 Å². The lowest BCUT2D eigenvalue weighted by atomic mass is 10.5. The average Bonchev–Trinajstić information content (AvgIpc) is 1.59. The van der Waals surface area contributed by atoms with Crippen LogP contribution in [0.3, 0.4) is 0 Å². The Kier molecular flexibility index (Phi) is 3.32. The quantitative estimate of drug-likeness (QED) is 0.478. The average molecular weight is 156 g/mol. The van der Waals surface area contributed by atoms with E-state index in [1.165, 1.54) is 6.92 Å². The molecule has 0 rings (SSSR count). The molecule has 56 valence electrons. The molecule has 0 aliphatic carbocycles. The maximum absolute atomic E-state index is 9.90. The highest BCUT2D eigenvalue weighted by atomic mass is 31.2. The molecule has 0 saturated carbocycles. The molecule has 9 heavy (non-hydrogen) atoms. The first-order valence-electron chi connectivity index (χ1n) is 2.30. The summed E-state index contributed by atoms with van der Waals surface area (Å²) in [6.45, 7) is 1.03. The molecule has 0 aliphatic rings. The van der Waals surface area contributed by atoms with E-state index in [1.54, 1.807) is 0 Å². The van der Waals surface area contributed by atoms with E-state index in [2.05, 4.69) is 4.52 Å². The summed E-state index contributed by atoms with van der Waals surface area (Å²) in [6, 6.07) is 0. The van der Waals surface area contributed by atoms with Crippen LogP contribution in [0.1, 0.15) is 6.92 Å². The van der Waals surface area contributed by atoms with Gasteiger partial charge in [-0.1, -0.05) is 0 Å². The molecule has 3 N–H and O–H groups in total. The molecule has 0 fully saturated rings. The lowest BCUT2D eigenvalue weighted by molar-refractivity contribution is 0.0969. The highest BCUT2D eigenvalue weighted by Gasteiger charge is 2.14. The number of hydrogen-bond donors (Lipinski definition) is 3. The molecule has 0 spiro atoms. The standard InChI is InChI=1S/C3H9O5P/c1-3(4)2-8-9(5,6)7/h3-4H,2H2,1H3,(H2,5,6,7). The first-order valence-corrected chi connectivity index (χ1v) is 3.83. The van der Waals surface area contributed by atoms with Crippen molar-refractivity contribution in [1.29, 1.82) is 0 Å². The molecule has 0 bridgehead atoms. The molecule has 0 aromatic rings. The zero-order valence-corrected chi connectivity index (χ0v) is 5.78. The van der Waals surface area contributed by atoms with Crippen molar-refractivity contribution in [2.75, 3.05) is 6.61 Å². The minimum Gasteiger partial charge on any atom is -0.391 e. The van der Waals surface area contributed by atoms with Crippen LogP contribution < -0.4 is 0 Å². The molecule has 1 atom stereocenters. The van der Waals surface area contributed by atoms with Gasteiger partial charge in [0.1, 0.15) is 0 Å². The van der Waals surface area contributed by atoms with E-state index < -0.39 is 13.9 Å². The normalized spacial score (nSPS) is 15.6. The summed E-state index contributed by atoms with van der Waals surface area (Å²) in [4.78, 5) is 16.1. The van der Waals surface area contributed by atoms with Gasteiger partial charge in [-0.2, -0.15) is 0 Å².